The molecule has 0 bridgehead atoms. The van der Waals surface area contributed by atoms with Gasteiger partial charge in [0.05, 0.1) is 5.41 Å². The van der Waals surface area contributed by atoms with Crippen molar-refractivity contribution in [2.24, 2.45) is 5.41 Å². The predicted molar refractivity (Wildman–Crippen MR) is 105 cm³/mol. The number of anilines is 1. The number of hydrogen-bond acceptors (Lipinski definition) is 3. The second kappa shape index (κ2) is 8.00. The maximum absolute atomic E-state index is 12.7. The van der Waals surface area contributed by atoms with Gasteiger partial charge in [-0.2, -0.15) is 0 Å². The summed E-state index contributed by atoms with van der Waals surface area (Å²) in [5.74, 6) is -0.411. The van der Waals surface area contributed by atoms with E-state index >= 15 is 0 Å². The Bertz CT molecular complexity index is 800. The summed E-state index contributed by atoms with van der Waals surface area (Å²) in [5.41, 5.74) is 1.86. The maximum atomic E-state index is 12.7. The highest BCUT2D eigenvalue weighted by atomic mass is 16.5. The fourth-order valence-corrected chi connectivity index (χ4v) is 2.13. The lowest BCUT2D eigenvalue weighted by Gasteiger charge is -2.20. The van der Waals surface area contributed by atoms with Crippen LogP contribution in [0.25, 0.3) is 5.76 Å². The fourth-order valence-electron chi connectivity index (χ4n) is 2.13. The molecule has 2 rings (SSSR count). The SMILES string of the molecule is Cc1ccc(/C(=C\C(=O)N(C)c2ccccc2)OC(=O)C(C)(C)C)cc1. The third-order valence-electron chi connectivity index (χ3n) is 3.88. The molecule has 136 valence electrons. The maximum Gasteiger partial charge on any atom is 0.316 e. The Morgan fingerprint density at radius 3 is 2.08 bits per heavy atom. The van der Waals surface area contributed by atoms with E-state index in [1.165, 1.54) is 11.0 Å². The number of carbonyl (C=O) groups excluding carboxylic acids is 2. The number of aryl methyl sites for hydroxylation is 1. The van der Waals surface area contributed by atoms with Gasteiger partial charge in [-0.3, -0.25) is 9.59 Å². The molecule has 0 saturated carbocycles. The molecule has 4 heteroatoms. The number of para-hydroxylation sites is 1. The van der Waals surface area contributed by atoms with E-state index in [9.17, 15) is 9.59 Å². The first-order valence-electron chi connectivity index (χ1n) is 8.52. The average Bonchev–Trinajstić information content (AvgIpc) is 2.61. The molecule has 26 heavy (non-hydrogen) atoms. The van der Waals surface area contributed by atoms with E-state index in [0.29, 0.717) is 5.56 Å². The Hall–Kier alpha value is -2.88. The van der Waals surface area contributed by atoms with Crippen LogP contribution < -0.4 is 4.90 Å². The minimum absolute atomic E-state index is 0.248. The quantitative estimate of drug-likeness (QED) is 0.460. The first-order chi connectivity index (χ1) is 12.2. The number of carbonyl (C=O) groups is 2. The molecule has 1 amide bonds. The van der Waals surface area contributed by atoms with E-state index in [2.05, 4.69) is 0 Å². The topological polar surface area (TPSA) is 46.6 Å². The molecule has 0 N–H and O–H groups in total. The van der Waals surface area contributed by atoms with Crippen molar-refractivity contribution in [1.29, 1.82) is 0 Å². The molecule has 4 nitrogen and oxygen atoms in total. The van der Waals surface area contributed by atoms with Crippen molar-refractivity contribution < 1.29 is 14.3 Å². The zero-order valence-corrected chi connectivity index (χ0v) is 15.9. The average molecular weight is 351 g/mol. The van der Waals surface area contributed by atoms with E-state index in [4.69, 9.17) is 4.74 Å². The third-order valence-corrected chi connectivity index (χ3v) is 3.88. The number of ether oxygens (including phenoxy) is 1. The Morgan fingerprint density at radius 2 is 1.54 bits per heavy atom. The summed E-state index contributed by atoms with van der Waals surface area (Å²) in [6, 6.07) is 16.8. The summed E-state index contributed by atoms with van der Waals surface area (Å²) >= 11 is 0. The predicted octanol–water partition coefficient (Wildman–Crippen LogP) is 4.59. The van der Waals surface area contributed by atoms with Crippen LogP contribution in [0.15, 0.2) is 60.7 Å². The van der Waals surface area contributed by atoms with Crippen LogP contribution in [-0.2, 0) is 14.3 Å². The molecule has 0 spiro atoms. The van der Waals surface area contributed by atoms with E-state index in [1.807, 2.05) is 61.5 Å². The number of amides is 1. The summed E-state index contributed by atoms with van der Waals surface area (Å²) in [6.45, 7) is 7.31. The number of hydrogen-bond donors (Lipinski definition) is 0. The van der Waals surface area contributed by atoms with Gasteiger partial charge in [-0.1, -0.05) is 48.0 Å². The van der Waals surface area contributed by atoms with Gasteiger partial charge in [0.1, 0.15) is 5.76 Å². The monoisotopic (exact) mass is 351 g/mol. The van der Waals surface area contributed by atoms with Crippen LogP contribution in [0.1, 0.15) is 31.9 Å². The molecule has 0 unspecified atom stereocenters. The Morgan fingerprint density at radius 1 is 0.962 bits per heavy atom. The summed E-state index contributed by atoms with van der Waals surface area (Å²) < 4.78 is 5.57. The Balaban J connectivity index is 2.35. The molecule has 0 aliphatic rings. The molecule has 0 radical (unpaired) electrons. The highest BCUT2D eigenvalue weighted by molar-refractivity contribution is 6.05. The largest absolute Gasteiger partial charge is 0.425 e. The smallest absolute Gasteiger partial charge is 0.316 e. The number of benzene rings is 2. The van der Waals surface area contributed by atoms with E-state index in [1.54, 1.807) is 27.8 Å². The van der Waals surface area contributed by atoms with Gasteiger partial charge in [0, 0.05) is 24.4 Å². The fraction of sp³-hybridized carbons (Fsp3) is 0.273. The second-order valence-electron chi connectivity index (χ2n) is 7.25. The van der Waals surface area contributed by atoms with E-state index < -0.39 is 5.41 Å². The van der Waals surface area contributed by atoms with Gasteiger partial charge in [0.25, 0.3) is 5.91 Å². The molecule has 0 aromatic heterocycles. The normalized spacial score (nSPS) is 11.8. The second-order valence-corrected chi connectivity index (χ2v) is 7.25. The molecule has 0 heterocycles. The van der Waals surface area contributed by atoms with Gasteiger partial charge in [-0.15, -0.1) is 0 Å². The molecule has 0 atom stereocenters. The van der Waals surface area contributed by atoms with E-state index in [0.717, 1.165) is 11.3 Å². The molecule has 0 aliphatic carbocycles. The van der Waals surface area contributed by atoms with Gasteiger partial charge in [0.15, 0.2) is 0 Å². The van der Waals surface area contributed by atoms with Crippen LogP contribution in [0, 0.1) is 12.3 Å². The molecule has 0 saturated heterocycles. The number of esters is 1. The zero-order chi connectivity index (χ0) is 19.3. The summed E-state index contributed by atoms with van der Waals surface area (Å²) in [5, 5.41) is 0. The van der Waals surface area contributed by atoms with Gasteiger partial charge < -0.3 is 9.64 Å². The zero-order valence-electron chi connectivity index (χ0n) is 15.9. The van der Waals surface area contributed by atoms with Crippen molar-refractivity contribution in [1.82, 2.24) is 0 Å². The number of likely N-dealkylation sites (N-methyl/N-ethyl adjacent to an activating group) is 1. The molecule has 0 aliphatic heterocycles. The first-order valence-corrected chi connectivity index (χ1v) is 8.52. The van der Waals surface area contributed by atoms with Crippen molar-refractivity contribution in [3.8, 4) is 0 Å². The summed E-state index contributed by atoms with van der Waals surface area (Å²) in [6.07, 6.45) is 1.36. The Kier molecular flexibility index (Phi) is 5.98. The molecule has 2 aromatic carbocycles. The highest BCUT2D eigenvalue weighted by Gasteiger charge is 2.25. The minimum atomic E-state index is -0.668. The van der Waals surface area contributed by atoms with Crippen molar-refractivity contribution in [2.75, 3.05) is 11.9 Å². The number of nitrogens with zero attached hydrogens (tertiary/aromatic N) is 1. The Labute approximate surface area is 155 Å². The molecular weight excluding hydrogens is 326 g/mol. The lowest BCUT2D eigenvalue weighted by Crippen LogP contribution is -2.26. The molecule has 2 aromatic rings. The standard InChI is InChI=1S/C22H25NO3/c1-16-11-13-17(14-12-16)19(26-21(25)22(2,3)4)15-20(24)23(5)18-9-7-6-8-10-18/h6-15H,1-5H3/b19-15+. The van der Waals surface area contributed by atoms with Crippen LogP contribution in [0.3, 0.4) is 0 Å². The van der Waals surface area contributed by atoms with Gasteiger partial charge in [0.2, 0.25) is 0 Å². The minimum Gasteiger partial charge on any atom is -0.425 e. The molecule has 0 fully saturated rings. The van der Waals surface area contributed by atoms with Crippen molar-refractivity contribution >= 4 is 23.3 Å². The summed E-state index contributed by atoms with van der Waals surface area (Å²) in [4.78, 5) is 26.5. The summed E-state index contributed by atoms with van der Waals surface area (Å²) in [7, 11) is 1.69. The highest BCUT2D eigenvalue weighted by Crippen LogP contribution is 2.24. The van der Waals surface area contributed by atoms with Gasteiger partial charge >= 0.3 is 5.97 Å². The van der Waals surface area contributed by atoms with E-state index in [-0.39, 0.29) is 17.6 Å². The van der Waals surface area contributed by atoms with Gasteiger partial charge in [-0.25, -0.2) is 0 Å². The number of rotatable bonds is 4. The van der Waals surface area contributed by atoms with Crippen LogP contribution in [0.2, 0.25) is 0 Å². The van der Waals surface area contributed by atoms with Crippen LogP contribution >= 0.6 is 0 Å². The first kappa shape index (κ1) is 19.4. The van der Waals surface area contributed by atoms with Gasteiger partial charge in [-0.05, 0) is 39.8 Å². The lowest BCUT2D eigenvalue weighted by atomic mass is 9.97. The van der Waals surface area contributed by atoms with Crippen LogP contribution in [-0.4, -0.2) is 18.9 Å². The van der Waals surface area contributed by atoms with Crippen LogP contribution in [0.5, 0.6) is 0 Å². The van der Waals surface area contributed by atoms with Crippen molar-refractivity contribution in [3.05, 3.63) is 71.8 Å². The van der Waals surface area contributed by atoms with Crippen molar-refractivity contribution in [3.63, 3.8) is 0 Å². The van der Waals surface area contributed by atoms with Crippen LogP contribution in [0.4, 0.5) is 5.69 Å². The lowest BCUT2D eigenvalue weighted by molar-refractivity contribution is -0.145. The van der Waals surface area contributed by atoms with Crippen molar-refractivity contribution in [2.45, 2.75) is 27.7 Å². The molecular formula is C22H25NO3. The third kappa shape index (κ3) is 5.06.